The fourth-order valence-corrected chi connectivity index (χ4v) is 1.96. The molecule has 1 aromatic rings. The molecule has 2 unspecified atom stereocenters. The van der Waals surface area contributed by atoms with Gasteiger partial charge in [-0.25, -0.2) is 0 Å². The van der Waals surface area contributed by atoms with Crippen molar-refractivity contribution in [3.8, 4) is 0 Å². The third kappa shape index (κ3) is 1.85. The van der Waals surface area contributed by atoms with E-state index in [1.54, 1.807) is 7.05 Å². The maximum absolute atomic E-state index is 5.95. The first-order chi connectivity index (χ1) is 6.25. The van der Waals surface area contributed by atoms with Gasteiger partial charge in [-0.1, -0.05) is 6.42 Å². The predicted molar refractivity (Wildman–Crippen MR) is 47.8 cm³/mol. The van der Waals surface area contributed by atoms with Crippen LogP contribution in [0.3, 0.4) is 0 Å². The Kier molecular flexibility index (Phi) is 2.26. The van der Waals surface area contributed by atoms with E-state index in [0.717, 1.165) is 18.7 Å². The van der Waals surface area contributed by atoms with Gasteiger partial charge in [0.05, 0.1) is 7.05 Å². The smallest absolute Gasteiger partial charge is 0.175 e. The highest BCUT2D eigenvalue weighted by Crippen LogP contribution is 2.25. The zero-order valence-corrected chi connectivity index (χ0v) is 7.85. The third-order valence-electron chi connectivity index (χ3n) is 2.71. The number of nitrogens with zero attached hydrogens (tertiary/aromatic N) is 4. The van der Waals surface area contributed by atoms with Gasteiger partial charge in [0.2, 0.25) is 0 Å². The predicted octanol–water partition coefficient (Wildman–Crippen LogP) is -0.120. The number of tetrazole rings is 1. The zero-order valence-electron chi connectivity index (χ0n) is 7.85. The molecule has 5 heteroatoms. The van der Waals surface area contributed by atoms with Gasteiger partial charge in [0, 0.05) is 12.5 Å². The molecule has 2 atom stereocenters. The van der Waals surface area contributed by atoms with Crippen molar-refractivity contribution < 1.29 is 0 Å². The van der Waals surface area contributed by atoms with Crippen LogP contribution in [0, 0.1) is 5.92 Å². The SMILES string of the molecule is Cn1nnc(CC2CCCC2N)n1. The van der Waals surface area contributed by atoms with Gasteiger partial charge in [0.25, 0.3) is 0 Å². The average molecular weight is 181 g/mol. The summed E-state index contributed by atoms with van der Waals surface area (Å²) in [7, 11) is 1.78. The molecule has 0 amide bonds. The molecule has 1 aromatic heterocycles. The van der Waals surface area contributed by atoms with Gasteiger partial charge in [0.1, 0.15) is 0 Å². The minimum absolute atomic E-state index is 0.337. The van der Waals surface area contributed by atoms with Crippen molar-refractivity contribution in [1.29, 1.82) is 0 Å². The fraction of sp³-hybridized carbons (Fsp3) is 0.875. The number of aryl methyl sites for hydroxylation is 1. The highest BCUT2D eigenvalue weighted by atomic mass is 15.6. The molecule has 1 aliphatic carbocycles. The van der Waals surface area contributed by atoms with Crippen molar-refractivity contribution in [2.75, 3.05) is 0 Å². The van der Waals surface area contributed by atoms with Crippen LogP contribution in [-0.2, 0) is 13.5 Å². The lowest BCUT2D eigenvalue weighted by Gasteiger charge is -2.11. The minimum Gasteiger partial charge on any atom is -0.327 e. The first-order valence-corrected chi connectivity index (χ1v) is 4.74. The maximum atomic E-state index is 5.95. The molecule has 72 valence electrons. The van der Waals surface area contributed by atoms with Crippen LogP contribution in [-0.4, -0.2) is 26.2 Å². The average Bonchev–Trinajstić information content (AvgIpc) is 2.64. The van der Waals surface area contributed by atoms with Gasteiger partial charge in [-0.2, -0.15) is 4.80 Å². The number of aromatic nitrogens is 4. The van der Waals surface area contributed by atoms with Crippen molar-refractivity contribution in [1.82, 2.24) is 20.2 Å². The highest BCUT2D eigenvalue weighted by molar-refractivity contribution is 4.89. The Morgan fingerprint density at radius 1 is 1.54 bits per heavy atom. The summed E-state index contributed by atoms with van der Waals surface area (Å²) in [6.45, 7) is 0. The van der Waals surface area contributed by atoms with E-state index in [1.165, 1.54) is 17.6 Å². The Bertz CT molecular complexity index is 282. The molecule has 5 nitrogen and oxygen atoms in total. The molecule has 2 rings (SSSR count). The standard InChI is InChI=1S/C8H15N5/c1-13-11-8(10-12-13)5-6-3-2-4-7(6)9/h6-7H,2-5,9H2,1H3. The second-order valence-corrected chi connectivity index (χ2v) is 3.75. The van der Waals surface area contributed by atoms with Crippen molar-refractivity contribution in [2.45, 2.75) is 31.7 Å². The summed E-state index contributed by atoms with van der Waals surface area (Å²) in [6, 6.07) is 0.337. The van der Waals surface area contributed by atoms with E-state index in [9.17, 15) is 0 Å². The minimum atomic E-state index is 0.337. The zero-order chi connectivity index (χ0) is 9.26. The Balaban J connectivity index is 1.97. The van der Waals surface area contributed by atoms with Gasteiger partial charge in [-0.15, -0.1) is 10.2 Å². The number of rotatable bonds is 2. The van der Waals surface area contributed by atoms with Crippen LogP contribution in [0.15, 0.2) is 0 Å². The molecule has 2 N–H and O–H groups in total. The molecule has 13 heavy (non-hydrogen) atoms. The Morgan fingerprint density at radius 3 is 2.92 bits per heavy atom. The van der Waals surface area contributed by atoms with E-state index in [4.69, 9.17) is 5.73 Å². The largest absolute Gasteiger partial charge is 0.327 e. The van der Waals surface area contributed by atoms with Crippen molar-refractivity contribution >= 4 is 0 Å². The quantitative estimate of drug-likeness (QED) is 0.690. The molecule has 1 aliphatic rings. The van der Waals surface area contributed by atoms with Crippen LogP contribution in [0.2, 0.25) is 0 Å². The Labute approximate surface area is 77.3 Å². The molecule has 1 heterocycles. The van der Waals surface area contributed by atoms with Crippen LogP contribution < -0.4 is 5.73 Å². The lowest BCUT2D eigenvalue weighted by molar-refractivity contribution is 0.467. The topological polar surface area (TPSA) is 69.6 Å². The molecule has 1 saturated carbocycles. The molecular formula is C8H15N5. The Hall–Kier alpha value is -0.970. The lowest BCUT2D eigenvalue weighted by Crippen LogP contribution is -2.26. The number of hydrogen-bond donors (Lipinski definition) is 1. The molecule has 1 fully saturated rings. The maximum Gasteiger partial charge on any atom is 0.175 e. The number of hydrogen-bond acceptors (Lipinski definition) is 4. The highest BCUT2D eigenvalue weighted by Gasteiger charge is 2.25. The Morgan fingerprint density at radius 2 is 2.38 bits per heavy atom. The van der Waals surface area contributed by atoms with Crippen LogP contribution in [0.5, 0.6) is 0 Å². The normalized spacial score (nSPS) is 28.2. The third-order valence-corrected chi connectivity index (χ3v) is 2.71. The van der Waals surface area contributed by atoms with E-state index in [0.29, 0.717) is 12.0 Å². The van der Waals surface area contributed by atoms with Crippen LogP contribution in [0.25, 0.3) is 0 Å². The molecule has 0 aromatic carbocycles. The van der Waals surface area contributed by atoms with Gasteiger partial charge in [-0.05, 0) is 24.0 Å². The molecule has 0 saturated heterocycles. The summed E-state index contributed by atoms with van der Waals surface area (Å²) in [6.07, 6.45) is 4.48. The fourth-order valence-electron chi connectivity index (χ4n) is 1.96. The van der Waals surface area contributed by atoms with Crippen LogP contribution in [0.1, 0.15) is 25.1 Å². The summed E-state index contributed by atoms with van der Waals surface area (Å²) in [4.78, 5) is 1.50. The van der Waals surface area contributed by atoms with E-state index < -0.39 is 0 Å². The second kappa shape index (κ2) is 3.41. The molecular weight excluding hydrogens is 166 g/mol. The second-order valence-electron chi connectivity index (χ2n) is 3.75. The molecule has 0 radical (unpaired) electrons. The van der Waals surface area contributed by atoms with Gasteiger partial charge in [-0.3, -0.25) is 0 Å². The monoisotopic (exact) mass is 181 g/mol. The molecule has 0 spiro atoms. The molecule has 0 aliphatic heterocycles. The van der Waals surface area contributed by atoms with Gasteiger partial charge >= 0.3 is 0 Å². The first-order valence-electron chi connectivity index (χ1n) is 4.74. The summed E-state index contributed by atoms with van der Waals surface area (Å²) in [5.74, 6) is 1.38. The lowest BCUT2D eigenvalue weighted by atomic mass is 10.0. The molecule has 0 bridgehead atoms. The van der Waals surface area contributed by atoms with Crippen molar-refractivity contribution in [2.24, 2.45) is 18.7 Å². The van der Waals surface area contributed by atoms with E-state index in [2.05, 4.69) is 15.4 Å². The summed E-state index contributed by atoms with van der Waals surface area (Å²) in [5, 5.41) is 11.9. The number of nitrogens with two attached hydrogens (primary N) is 1. The summed E-state index contributed by atoms with van der Waals surface area (Å²) in [5.41, 5.74) is 5.95. The van der Waals surface area contributed by atoms with Crippen molar-refractivity contribution in [3.63, 3.8) is 0 Å². The first kappa shape index (κ1) is 8.62. The van der Waals surface area contributed by atoms with E-state index in [1.807, 2.05) is 0 Å². The van der Waals surface area contributed by atoms with Crippen LogP contribution >= 0.6 is 0 Å². The summed E-state index contributed by atoms with van der Waals surface area (Å²) < 4.78 is 0. The van der Waals surface area contributed by atoms with Crippen LogP contribution in [0.4, 0.5) is 0 Å². The van der Waals surface area contributed by atoms with E-state index in [-0.39, 0.29) is 0 Å². The van der Waals surface area contributed by atoms with Crippen molar-refractivity contribution in [3.05, 3.63) is 5.82 Å². The summed E-state index contributed by atoms with van der Waals surface area (Å²) >= 11 is 0. The van der Waals surface area contributed by atoms with E-state index >= 15 is 0 Å². The van der Waals surface area contributed by atoms with Gasteiger partial charge < -0.3 is 5.73 Å². The van der Waals surface area contributed by atoms with Gasteiger partial charge in [0.15, 0.2) is 5.82 Å².